The van der Waals surface area contributed by atoms with Gasteiger partial charge in [-0.05, 0) is 31.6 Å². The van der Waals surface area contributed by atoms with Crippen LogP contribution in [0.3, 0.4) is 0 Å². The van der Waals surface area contributed by atoms with E-state index in [1.165, 1.54) is 12.8 Å². The lowest BCUT2D eigenvalue weighted by atomic mass is 9.94. The van der Waals surface area contributed by atoms with Crippen LogP contribution >= 0.6 is 0 Å². The summed E-state index contributed by atoms with van der Waals surface area (Å²) in [6, 6.07) is -0.391. The molecule has 0 bridgehead atoms. The Hall–Kier alpha value is -1.43. The number of aromatic amines is 1. The van der Waals surface area contributed by atoms with Gasteiger partial charge >= 0.3 is 0 Å². The van der Waals surface area contributed by atoms with Gasteiger partial charge in [0, 0.05) is 24.9 Å². The highest BCUT2D eigenvalue weighted by Crippen LogP contribution is 2.38. The van der Waals surface area contributed by atoms with Gasteiger partial charge in [-0.1, -0.05) is 20.3 Å². The number of H-pyrrole nitrogens is 1. The summed E-state index contributed by atoms with van der Waals surface area (Å²) in [5, 5.41) is 7.46. The van der Waals surface area contributed by atoms with E-state index in [9.17, 15) is 4.79 Å². The molecular formula is C16H27N5O. The van der Waals surface area contributed by atoms with E-state index in [0.717, 1.165) is 37.5 Å². The first-order chi connectivity index (χ1) is 10.6. The molecule has 2 aliphatic rings. The zero-order chi connectivity index (χ0) is 15.7. The summed E-state index contributed by atoms with van der Waals surface area (Å²) in [4.78, 5) is 19.1. The van der Waals surface area contributed by atoms with Gasteiger partial charge in [0.05, 0.1) is 6.04 Å². The van der Waals surface area contributed by atoms with Gasteiger partial charge in [-0.15, -0.1) is 0 Å². The van der Waals surface area contributed by atoms with Crippen molar-refractivity contribution < 1.29 is 4.79 Å². The lowest BCUT2D eigenvalue weighted by Crippen LogP contribution is -2.50. The number of hydrogen-bond donors (Lipinski definition) is 2. The third kappa shape index (κ3) is 3.16. The van der Waals surface area contributed by atoms with Crippen molar-refractivity contribution in [2.75, 3.05) is 13.1 Å². The van der Waals surface area contributed by atoms with E-state index in [4.69, 9.17) is 5.73 Å². The molecule has 1 saturated carbocycles. The Morgan fingerprint density at radius 3 is 2.86 bits per heavy atom. The van der Waals surface area contributed by atoms with Crippen LogP contribution in [0, 0.1) is 5.92 Å². The Labute approximate surface area is 131 Å². The molecule has 2 fully saturated rings. The van der Waals surface area contributed by atoms with Gasteiger partial charge in [-0.3, -0.25) is 9.89 Å². The molecule has 1 aromatic rings. The topological polar surface area (TPSA) is 87.9 Å². The second-order valence-electron chi connectivity index (χ2n) is 6.89. The highest BCUT2D eigenvalue weighted by molar-refractivity contribution is 5.82. The minimum atomic E-state index is -0.391. The SMILES string of the molecule is CCC(C)C(N)C(=O)N1CCCC(c2n[nH]c(C3CC3)n2)C1. The summed E-state index contributed by atoms with van der Waals surface area (Å²) in [5.41, 5.74) is 6.11. The van der Waals surface area contributed by atoms with Crippen LogP contribution in [0.15, 0.2) is 0 Å². The smallest absolute Gasteiger partial charge is 0.239 e. The third-order valence-corrected chi connectivity index (χ3v) is 5.12. The van der Waals surface area contributed by atoms with Crippen molar-refractivity contribution in [3.8, 4) is 0 Å². The number of nitrogens with zero attached hydrogens (tertiary/aromatic N) is 3. The van der Waals surface area contributed by atoms with Crippen molar-refractivity contribution in [1.29, 1.82) is 0 Å². The van der Waals surface area contributed by atoms with Crippen LogP contribution in [0.25, 0.3) is 0 Å². The number of nitrogens with two attached hydrogens (primary N) is 1. The zero-order valence-corrected chi connectivity index (χ0v) is 13.6. The van der Waals surface area contributed by atoms with Crippen LogP contribution < -0.4 is 5.73 Å². The molecule has 1 amide bonds. The fraction of sp³-hybridized carbons (Fsp3) is 0.812. The molecule has 122 valence electrons. The molecule has 3 atom stereocenters. The van der Waals surface area contributed by atoms with Crippen molar-refractivity contribution in [1.82, 2.24) is 20.1 Å². The van der Waals surface area contributed by atoms with E-state index in [2.05, 4.69) is 22.1 Å². The van der Waals surface area contributed by atoms with E-state index in [1.54, 1.807) is 0 Å². The first-order valence-corrected chi connectivity index (χ1v) is 8.56. The standard InChI is InChI=1S/C16H27N5O/c1-3-10(2)13(17)16(22)21-8-4-5-12(9-21)15-18-14(19-20-15)11-6-7-11/h10-13H,3-9,17H2,1-2H3,(H,18,19,20). The van der Waals surface area contributed by atoms with E-state index in [1.807, 2.05) is 11.8 Å². The molecule has 0 radical (unpaired) electrons. The number of amides is 1. The lowest BCUT2D eigenvalue weighted by Gasteiger charge is -2.34. The van der Waals surface area contributed by atoms with Crippen molar-refractivity contribution in [2.45, 2.75) is 63.8 Å². The van der Waals surface area contributed by atoms with Crippen molar-refractivity contribution in [2.24, 2.45) is 11.7 Å². The molecule has 3 N–H and O–H groups in total. The average molecular weight is 305 g/mol. The van der Waals surface area contributed by atoms with Crippen LogP contribution in [-0.2, 0) is 4.79 Å². The summed E-state index contributed by atoms with van der Waals surface area (Å²) in [6.07, 6.45) is 5.40. The zero-order valence-electron chi connectivity index (χ0n) is 13.6. The molecule has 6 heteroatoms. The predicted molar refractivity (Wildman–Crippen MR) is 84.3 cm³/mol. The highest BCUT2D eigenvalue weighted by Gasteiger charge is 2.33. The first kappa shape index (κ1) is 15.5. The van der Waals surface area contributed by atoms with Crippen LogP contribution in [-0.4, -0.2) is 45.1 Å². The van der Waals surface area contributed by atoms with Gasteiger partial charge in [0.15, 0.2) is 5.82 Å². The number of piperidine rings is 1. The Bertz CT molecular complexity index is 524. The van der Waals surface area contributed by atoms with E-state index >= 15 is 0 Å². The van der Waals surface area contributed by atoms with E-state index in [-0.39, 0.29) is 17.7 Å². The second kappa shape index (κ2) is 6.36. The van der Waals surface area contributed by atoms with Gasteiger partial charge in [0.1, 0.15) is 5.82 Å². The maximum Gasteiger partial charge on any atom is 0.239 e. The van der Waals surface area contributed by atoms with Gasteiger partial charge in [0.2, 0.25) is 5.91 Å². The molecule has 6 nitrogen and oxygen atoms in total. The molecule has 1 aromatic heterocycles. The lowest BCUT2D eigenvalue weighted by molar-refractivity contribution is -0.135. The number of carbonyl (C=O) groups is 1. The Balaban J connectivity index is 1.64. The molecule has 1 saturated heterocycles. The Morgan fingerprint density at radius 2 is 2.18 bits per heavy atom. The summed E-state index contributed by atoms with van der Waals surface area (Å²) in [6.45, 7) is 5.62. The van der Waals surface area contributed by atoms with Crippen LogP contribution in [0.5, 0.6) is 0 Å². The Morgan fingerprint density at radius 1 is 1.41 bits per heavy atom. The van der Waals surface area contributed by atoms with Crippen LogP contribution in [0.2, 0.25) is 0 Å². The number of likely N-dealkylation sites (tertiary alicyclic amines) is 1. The molecule has 3 unspecified atom stereocenters. The maximum absolute atomic E-state index is 12.6. The van der Waals surface area contributed by atoms with Crippen LogP contribution in [0.4, 0.5) is 0 Å². The van der Waals surface area contributed by atoms with Crippen molar-refractivity contribution >= 4 is 5.91 Å². The van der Waals surface area contributed by atoms with E-state index in [0.29, 0.717) is 12.5 Å². The minimum Gasteiger partial charge on any atom is -0.341 e. The number of nitrogens with one attached hydrogen (secondary N) is 1. The third-order valence-electron chi connectivity index (χ3n) is 5.12. The van der Waals surface area contributed by atoms with Gasteiger partial charge in [-0.2, -0.15) is 5.10 Å². The second-order valence-corrected chi connectivity index (χ2v) is 6.89. The van der Waals surface area contributed by atoms with Gasteiger partial charge in [0.25, 0.3) is 0 Å². The monoisotopic (exact) mass is 305 g/mol. The molecule has 0 aromatic carbocycles. The number of carbonyl (C=O) groups excluding carboxylic acids is 1. The summed E-state index contributed by atoms with van der Waals surface area (Å²) < 4.78 is 0. The molecule has 0 spiro atoms. The first-order valence-electron chi connectivity index (χ1n) is 8.56. The van der Waals surface area contributed by atoms with Gasteiger partial charge < -0.3 is 10.6 Å². The molecular weight excluding hydrogens is 278 g/mol. The van der Waals surface area contributed by atoms with Crippen molar-refractivity contribution in [3.05, 3.63) is 11.6 Å². The summed E-state index contributed by atoms with van der Waals surface area (Å²) in [7, 11) is 0. The molecule has 3 rings (SSSR count). The predicted octanol–water partition coefficient (Wildman–Crippen LogP) is 1.76. The molecule has 22 heavy (non-hydrogen) atoms. The maximum atomic E-state index is 12.6. The van der Waals surface area contributed by atoms with Gasteiger partial charge in [-0.25, -0.2) is 4.98 Å². The number of rotatable bonds is 5. The number of aromatic nitrogens is 3. The summed E-state index contributed by atoms with van der Waals surface area (Å²) >= 11 is 0. The molecule has 2 heterocycles. The minimum absolute atomic E-state index is 0.0806. The average Bonchev–Trinajstić information content (AvgIpc) is 3.30. The largest absolute Gasteiger partial charge is 0.341 e. The van der Waals surface area contributed by atoms with Crippen LogP contribution in [0.1, 0.15) is 69.4 Å². The fourth-order valence-electron chi connectivity index (χ4n) is 3.11. The highest BCUT2D eigenvalue weighted by atomic mass is 16.2. The van der Waals surface area contributed by atoms with E-state index < -0.39 is 6.04 Å². The summed E-state index contributed by atoms with van der Waals surface area (Å²) in [5.74, 6) is 3.02. The van der Waals surface area contributed by atoms with Crippen molar-refractivity contribution in [3.63, 3.8) is 0 Å². The quantitative estimate of drug-likeness (QED) is 0.867. The molecule has 1 aliphatic heterocycles. The fourth-order valence-corrected chi connectivity index (χ4v) is 3.11. The normalized spacial score (nSPS) is 25.0. The Kier molecular flexibility index (Phi) is 4.47. The molecule has 1 aliphatic carbocycles. The number of hydrogen-bond acceptors (Lipinski definition) is 4.